The van der Waals surface area contributed by atoms with Crippen molar-refractivity contribution in [2.45, 2.75) is 6.18 Å². The summed E-state index contributed by atoms with van der Waals surface area (Å²) in [5, 5.41) is -0.274. The Labute approximate surface area is 117 Å². The largest absolute Gasteiger partial charge is 0.421 e. The highest BCUT2D eigenvalue weighted by Gasteiger charge is 2.31. The van der Waals surface area contributed by atoms with E-state index < -0.39 is 17.7 Å². The predicted molar refractivity (Wildman–Crippen MR) is 67.9 cm³/mol. The second kappa shape index (κ2) is 5.54. The molecule has 0 aliphatic rings. The van der Waals surface area contributed by atoms with E-state index in [1.165, 1.54) is 12.1 Å². The molecule has 2 rings (SSSR count). The summed E-state index contributed by atoms with van der Waals surface area (Å²) in [6.07, 6.45) is -4.49. The number of ether oxygens (including phenoxy) is 1. The zero-order valence-electron chi connectivity index (χ0n) is 9.95. The fourth-order valence-corrected chi connectivity index (χ4v) is 1.71. The molecule has 2 nitrogen and oxygen atoms in total. The summed E-state index contributed by atoms with van der Waals surface area (Å²) in [4.78, 5) is 11.7. The Morgan fingerprint density at radius 2 is 1.70 bits per heavy atom. The number of carbonyl (C=O) groups is 1. The summed E-state index contributed by atoms with van der Waals surface area (Å²) in [6, 6.07) is 10.6. The molecule has 6 heteroatoms. The molecule has 0 N–H and O–H groups in total. The van der Waals surface area contributed by atoms with Crippen LogP contribution < -0.4 is 4.74 Å². The van der Waals surface area contributed by atoms with Crippen molar-refractivity contribution in [1.29, 1.82) is 0 Å². The third kappa shape index (κ3) is 3.30. The molecule has 0 aliphatic carbocycles. The van der Waals surface area contributed by atoms with Gasteiger partial charge >= 0.3 is 12.1 Å². The molecule has 2 aromatic rings. The van der Waals surface area contributed by atoms with Gasteiger partial charge in [-0.2, -0.15) is 13.2 Å². The second-order valence-electron chi connectivity index (χ2n) is 3.90. The van der Waals surface area contributed by atoms with E-state index >= 15 is 0 Å². The summed E-state index contributed by atoms with van der Waals surface area (Å²) < 4.78 is 42.3. The van der Waals surface area contributed by atoms with Gasteiger partial charge in [0.15, 0.2) is 0 Å². The van der Waals surface area contributed by atoms with Crippen LogP contribution in [-0.4, -0.2) is 5.97 Å². The van der Waals surface area contributed by atoms with E-state index in [0.29, 0.717) is 0 Å². The van der Waals surface area contributed by atoms with Crippen molar-refractivity contribution in [3.63, 3.8) is 0 Å². The zero-order chi connectivity index (χ0) is 14.8. The summed E-state index contributed by atoms with van der Waals surface area (Å²) >= 11 is 5.69. The van der Waals surface area contributed by atoms with Gasteiger partial charge in [0.1, 0.15) is 5.75 Å². The van der Waals surface area contributed by atoms with Crippen molar-refractivity contribution in [2.75, 3.05) is 0 Å². The minimum Gasteiger partial charge on any atom is -0.421 e. The van der Waals surface area contributed by atoms with Gasteiger partial charge in [0, 0.05) is 0 Å². The third-order valence-electron chi connectivity index (χ3n) is 2.47. The van der Waals surface area contributed by atoms with E-state index in [9.17, 15) is 18.0 Å². The van der Waals surface area contributed by atoms with E-state index in [2.05, 4.69) is 0 Å². The number of halogens is 4. The van der Waals surface area contributed by atoms with Gasteiger partial charge < -0.3 is 4.74 Å². The van der Waals surface area contributed by atoms with Gasteiger partial charge in [0.05, 0.1) is 16.1 Å². The Morgan fingerprint density at radius 1 is 1.05 bits per heavy atom. The summed E-state index contributed by atoms with van der Waals surface area (Å²) in [6.45, 7) is 0. The number of benzene rings is 2. The minimum atomic E-state index is -4.49. The van der Waals surface area contributed by atoms with Crippen molar-refractivity contribution < 1.29 is 22.7 Å². The van der Waals surface area contributed by atoms with Gasteiger partial charge in [-0.1, -0.05) is 29.8 Å². The molecular formula is C14H8ClF3O2. The quantitative estimate of drug-likeness (QED) is 0.599. The van der Waals surface area contributed by atoms with Crippen LogP contribution in [0.5, 0.6) is 5.75 Å². The molecule has 0 radical (unpaired) electrons. The highest BCUT2D eigenvalue weighted by molar-refractivity contribution is 6.32. The fraction of sp³-hybridized carbons (Fsp3) is 0.0714. The zero-order valence-corrected chi connectivity index (χ0v) is 10.7. The lowest BCUT2D eigenvalue weighted by molar-refractivity contribution is -0.137. The molecule has 20 heavy (non-hydrogen) atoms. The van der Waals surface area contributed by atoms with Gasteiger partial charge in [-0.05, 0) is 30.3 Å². The van der Waals surface area contributed by atoms with Crippen molar-refractivity contribution in [3.8, 4) is 5.75 Å². The van der Waals surface area contributed by atoms with Crippen LogP contribution in [0.4, 0.5) is 13.2 Å². The molecule has 0 aromatic heterocycles. The molecule has 0 aliphatic heterocycles. The molecule has 2 aromatic carbocycles. The number of carbonyl (C=O) groups excluding carboxylic acids is 1. The lowest BCUT2D eigenvalue weighted by Crippen LogP contribution is -2.09. The van der Waals surface area contributed by atoms with E-state index in [1.807, 2.05) is 0 Å². The molecule has 0 saturated heterocycles. The highest BCUT2D eigenvalue weighted by atomic mass is 35.5. The number of alkyl halides is 3. The highest BCUT2D eigenvalue weighted by Crippen LogP contribution is 2.34. The standard InChI is InChI=1S/C14H8ClF3O2/c15-11-8-10(14(16,17)18)6-7-12(11)20-13(19)9-4-2-1-3-5-9/h1-8H. The molecule has 0 atom stereocenters. The Hall–Kier alpha value is -2.01. The molecule has 104 valence electrons. The van der Waals surface area contributed by atoms with Gasteiger partial charge in [-0.25, -0.2) is 4.79 Å². The minimum absolute atomic E-state index is 0.117. The van der Waals surface area contributed by atoms with E-state index in [4.69, 9.17) is 16.3 Å². The number of hydrogen-bond donors (Lipinski definition) is 0. The summed E-state index contributed by atoms with van der Waals surface area (Å²) in [5.41, 5.74) is -0.620. The first-order valence-electron chi connectivity index (χ1n) is 5.52. The Morgan fingerprint density at radius 3 is 2.25 bits per heavy atom. The maximum atomic E-state index is 12.5. The Balaban J connectivity index is 2.21. The molecule has 0 amide bonds. The molecule has 0 heterocycles. The first-order chi connectivity index (χ1) is 9.38. The fourth-order valence-electron chi connectivity index (χ4n) is 1.49. The number of rotatable bonds is 2. The molecule has 0 unspecified atom stereocenters. The van der Waals surface area contributed by atoms with Crippen molar-refractivity contribution >= 4 is 17.6 Å². The molecular weight excluding hydrogens is 293 g/mol. The van der Waals surface area contributed by atoms with Crippen molar-refractivity contribution in [1.82, 2.24) is 0 Å². The maximum absolute atomic E-state index is 12.5. The topological polar surface area (TPSA) is 26.3 Å². The predicted octanol–water partition coefficient (Wildman–Crippen LogP) is 4.58. The van der Waals surface area contributed by atoms with Crippen LogP contribution in [0.25, 0.3) is 0 Å². The number of hydrogen-bond acceptors (Lipinski definition) is 2. The monoisotopic (exact) mass is 300 g/mol. The normalized spacial score (nSPS) is 11.2. The van der Waals surface area contributed by atoms with Crippen LogP contribution in [0.15, 0.2) is 48.5 Å². The van der Waals surface area contributed by atoms with Crippen LogP contribution in [-0.2, 0) is 6.18 Å². The van der Waals surface area contributed by atoms with Crippen LogP contribution in [0, 0.1) is 0 Å². The maximum Gasteiger partial charge on any atom is 0.416 e. The van der Waals surface area contributed by atoms with Gasteiger partial charge in [0.2, 0.25) is 0 Å². The van der Waals surface area contributed by atoms with E-state index in [-0.39, 0.29) is 16.3 Å². The lowest BCUT2D eigenvalue weighted by Gasteiger charge is -2.10. The second-order valence-corrected chi connectivity index (χ2v) is 4.31. The average molecular weight is 301 g/mol. The van der Waals surface area contributed by atoms with Crippen LogP contribution in [0.3, 0.4) is 0 Å². The van der Waals surface area contributed by atoms with Crippen molar-refractivity contribution in [3.05, 3.63) is 64.7 Å². The van der Waals surface area contributed by atoms with E-state index in [0.717, 1.165) is 18.2 Å². The Bertz CT molecular complexity index is 624. The first kappa shape index (κ1) is 14.4. The van der Waals surface area contributed by atoms with Gasteiger partial charge in [0.25, 0.3) is 0 Å². The summed E-state index contributed by atoms with van der Waals surface area (Å²) in [7, 11) is 0. The van der Waals surface area contributed by atoms with Crippen molar-refractivity contribution in [2.24, 2.45) is 0 Å². The van der Waals surface area contributed by atoms with Crippen LogP contribution in [0.2, 0.25) is 5.02 Å². The summed E-state index contributed by atoms with van der Waals surface area (Å²) in [5.74, 6) is -0.805. The molecule has 0 bridgehead atoms. The lowest BCUT2D eigenvalue weighted by atomic mass is 10.2. The Kier molecular flexibility index (Phi) is 3.99. The van der Waals surface area contributed by atoms with E-state index in [1.54, 1.807) is 18.2 Å². The molecule has 0 saturated carbocycles. The average Bonchev–Trinajstić information content (AvgIpc) is 2.41. The molecule has 0 spiro atoms. The third-order valence-corrected chi connectivity index (χ3v) is 2.77. The number of esters is 1. The molecule has 0 fully saturated rings. The first-order valence-corrected chi connectivity index (χ1v) is 5.89. The van der Waals surface area contributed by atoms with Gasteiger partial charge in [-0.15, -0.1) is 0 Å². The smallest absolute Gasteiger partial charge is 0.416 e. The van der Waals surface area contributed by atoms with Crippen LogP contribution >= 0.6 is 11.6 Å². The SMILES string of the molecule is O=C(Oc1ccc(C(F)(F)F)cc1Cl)c1ccccc1. The van der Waals surface area contributed by atoms with Gasteiger partial charge in [-0.3, -0.25) is 0 Å². The van der Waals surface area contributed by atoms with Crippen LogP contribution in [0.1, 0.15) is 15.9 Å².